The zero-order chi connectivity index (χ0) is 18.6. The number of rotatable bonds is 4. The highest BCUT2D eigenvalue weighted by atomic mass is 16.1. The number of amides is 1. The Balaban J connectivity index is 1.38. The summed E-state index contributed by atoms with van der Waals surface area (Å²) in [6, 6.07) is 4.04. The van der Waals surface area contributed by atoms with Crippen LogP contribution in [-0.2, 0) is 7.05 Å². The lowest BCUT2D eigenvalue weighted by molar-refractivity contribution is -0.0687. The van der Waals surface area contributed by atoms with Gasteiger partial charge in [-0.05, 0) is 80.8 Å². The van der Waals surface area contributed by atoms with Gasteiger partial charge in [-0.2, -0.15) is 5.10 Å². The number of nitrogens with one attached hydrogen (secondary N) is 1. The Bertz CT molecular complexity index is 821. The minimum absolute atomic E-state index is 0.00908. The average molecular weight is 364 g/mol. The first-order valence-corrected chi connectivity index (χ1v) is 10.3. The van der Waals surface area contributed by atoms with Crippen molar-refractivity contribution < 1.29 is 4.79 Å². The van der Waals surface area contributed by atoms with Gasteiger partial charge in [-0.25, -0.2) is 0 Å². The molecule has 0 spiro atoms. The molecule has 1 atom stereocenters. The first-order valence-electron chi connectivity index (χ1n) is 10.3. The summed E-state index contributed by atoms with van der Waals surface area (Å²) in [6.07, 6.45) is 13.5. The fourth-order valence-corrected chi connectivity index (χ4v) is 6.51. The van der Waals surface area contributed by atoms with Crippen LogP contribution in [0.1, 0.15) is 55.8 Å². The van der Waals surface area contributed by atoms with Gasteiger partial charge in [0.25, 0.3) is 5.91 Å². The maximum Gasteiger partial charge on any atom is 0.255 e. The highest BCUT2D eigenvalue weighted by Crippen LogP contribution is 2.61. The molecule has 1 N–H and O–H groups in total. The maximum absolute atomic E-state index is 13.2. The standard InChI is InChI=1S/C22H28N4O/c1-14(22-9-15-6-16(10-22)8-17(7-15)11-22)24-21(27)19-13-26(2)25-20(19)18-4-3-5-23-12-18/h3-5,12-17H,6-11H2,1-2H3,(H,24,27). The summed E-state index contributed by atoms with van der Waals surface area (Å²) in [5.41, 5.74) is 2.54. The Morgan fingerprint density at radius 1 is 1.22 bits per heavy atom. The van der Waals surface area contributed by atoms with Crippen molar-refractivity contribution >= 4 is 5.91 Å². The number of aromatic nitrogens is 3. The normalized spacial score (nSPS) is 32.4. The fraction of sp³-hybridized carbons (Fsp3) is 0.591. The second kappa shape index (κ2) is 6.18. The summed E-state index contributed by atoms with van der Waals surface area (Å²) >= 11 is 0. The van der Waals surface area contributed by atoms with Crippen LogP contribution in [0.3, 0.4) is 0 Å². The molecule has 4 saturated carbocycles. The van der Waals surface area contributed by atoms with E-state index in [2.05, 4.69) is 22.3 Å². The molecule has 0 aliphatic heterocycles. The highest BCUT2D eigenvalue weighted by molar-refractivity contribution is 5.99. The van der Waals surface area contributed by atoms with Crippen LogP contribution in [0.5, 0.6) is 0 Å². The summed E-state index contributed by atoms with van der Waals surface area (Å²) in [5, 5.41) is 7.88. The van der Waals surface area contributed by atoms with Gasteiger partial charge in [0, 0.05) is 37.2 Å². The lowest BCUT2D eigenvalue weighted by atomic mass is 9.48. The number of carbonyl (C=O) groups is 1. The summed E-state index contributed by atoms with van der Waals surface area (Å²) < 4.78 is 1.71. The molecule has 2 aromatic rings. The van der Waals surface area contributed by atoms with Gasteiger partial charge >= 0.3 is 0 Å². The van der Waals surface area contributed by atoms with Crippen LogP contribution in [0.15, 0.2) is 30.7 Å². The molecule has 0 saturated heterocycles. The van der Waals surface area contributed by atoms with Crippen LogP contribution in [-0.4, -0.2) is 26.7 Å². The minimum atomic E-state index is -0.00908. The molecule has 1 amide bonds. The third-order valence-electron chi connectivity index (χ3n) is 7.36. The first kappa shape index (κ1) is 17.0. The van der Waals surface area contributed by atoms with E-state index in [4.69, 9.17) is 0 Å². The molecule has 0 aromatic carbocycles. The number of hydrogen-bond donors (Lipinski definition) is 1. The molecule has 6 rings (SSSR count). The molecule has 4 aliphatic rings. The quantitative estimate of drug-likeness (QED) is 0.897. The van der Waals surface area contributed by atoms with Gasteiger partial charge in [-0.3, -0.25) is 14.5 Å². The van der Waals surface area contributed by atoms with Crippen molar-refractivity contribution in [3.05, 3.63) is 36.3 Å². The van der Waals surface area contributed by atoms with Crippen molar-refractivity contribution in [2.24, 2.45) is 30.2 Å². The molecule has 5 nitrogen and oxygen atoms in total. The van der Waals surface area contributed by atoms with E-state index in [-0.39, 0.29) is 11.9 Å². The summed E-state index contributed by atoms with van der Waals surface area (Å²) in [6.45, 7) is 2.23. The first-order chi connectivity index (χ1) is 13.0. The van der Waals surface area contributed by atoms with Gasteiger partial charge in [0.2, 0.25) is 0 Å². The number of aryl methyl sites for hydroxylation is 1. The molecule has 5 heteroatoms. The van der Waals surface area contributed by atoms with E-state index >= 15 is 0 Å². The van der Waals surface area contributed by atoms with Gasteiger partial charge in [-0.15, -0.1) is 0 Å². The maximum atomic E-state index is 13.2. The number of hydrogen-bond acceptors (Lipinski definition) is 3. The third kappa shape index (κ3) is 2.88. The molecular formula is C22H28N4O. The van der Waals surface area contributed by atoms with E-state index in [0.717, 1.165) is 23.3 Å². The van der Waals surface area contributed by atoms with Crippen LogP contribution in [0, 0.1) is 23.2 Å². The zero-order valence-electron chi connectivity index (χ0n) is 16.2. The number of pyridine rings is 1. The fourth-order valence-electron chi connectivity index (χ4n) is 6.51. The van der Waals surface area contributed by atoms with Crippen LogP contribution < -0.4 is 5.32 Å². The van der Waals surface area contributed by atoms with Crippen molar-refractivity contribution in [2.75, 3.05) is 0 Å². The Kier molecular flexibility index (Phi) is 3.88. The van der Waals surface area contributed by atoms with E-state index in [0.29, 0.717) is 16.7 Å². The van der Waals surface area contributed by atoms with E-state index < -0.39 is 0 Å². The number of carbonyl (C=O) groups excluding carboxylic acids is 1. The molecule has 2 aromatic heterocycles. The van der Waals surface area contributed by atoms with Crippen LogP contribution in [0.2, 0.25) is 0 Å². The molecular weight excluding hydrogens is 336 g/mol. The van der Waals surface area contributed by atoms with E-state index in [9.17, 15) is 4.79 Å². The van der Waals surface area contributed by atoms with Gasteiger partial charge in [-0.1, -0.05) is 0 Å². The van der Waals surface area contributed by atoms with E-state index in [1.807, 2.05) is 25.4 Å². The SMILES string of the molecule is CC(NC(=O)c1cn(C)nc1-c1cccnc1)C12CC3CC(CC(C3)C1)C2. The van der Waals surface area contributed by atoms with Crippen molar-refractivity contribution in [1.29, 1.82) is 0 Å². The lowest BCUT2D eigenvalue weighted by Crippen LogP contribution is -2.55. The van der Waals surface area contributed by atoms with E-state index in [1.165, 1.54) is 38.5 Å². The molecule has 2 heterocycles. The molecule has 142 valence electrons. The van der Waals surface area contributed by atoms with Gasteiger partial charge < -0.3 is 5.32 Å². The second-order valence-corrected chi connectivity index (χ2v) is 9.28. The molecule has 1 unspecified atom stereocenters. The van der Waals surface area contributed by atoms with Crippen LogP contribution >= 0.6 is 0 Å². The zero-order valence-corrected chi connectivity index (χ0v) is 16.2. The van der Waals surface area contributed by atoms with Gasteiger partial charge in [0.1, 0.15) is 5.69 Å². The average Bonchev–Trinajstić information content (AvgIpc) is 3.03. The Hall–Kier alpha value is -2.17. The molecule has 0 radical (unpaired) electrons. The Morgan fingerprint density at radius 3 is 2.48 bits per heavy atom. The predicted molar refractivity (Wildman–Crippen MR) is 104 cm³/mol. The van der Waals surface area contributed by atoms with E-state index in [1.54, 1.807) is 17.1 Å². The smallest absolute Gasteiger partial charge is 0.255 e. The number of nitrogens with zero attached hydrogens (tertiary/aromatic N) is 3. The summed E-state index contributed by atoms with van der Waals surface area (Å²) in [5.74, 6) is 2.66. The summed E-state index contributed by atoms with van der Waals surface area (Å²) in [7, 11) is 1.86. The van der Waals surface area contributed by atoms with Crippen molar-refractivity contribution in [2.45, 2.75) is 51.5 Å². The van der Waals surface area contributed by atoms with Gasteiger partial charge in [0.15, 0.2) is 0 Å². The Morgan fingerprint density at radius 2 is 1.89 bits per heavy atom. The Labute approximate surface area is 160 Å². The topological polar surface area (TPSA) is 59.8 Å². The van der Waals surface area contributed by atoms with Crippen LogP contribution in [0.25, 0.3) is 11.3 Å². The minimum Gasteiger partial charge on any atom is -0.349 e. The molecule has 4 fully saturated rings. The largest absolute Gasteiger partial charge is 0.349 e. The van der Waals surface area contributed by atoms with Crippen molar-refractivity contribution in [3.63, 3.8) is 0 Å². The lowest BCUT2D eigenvalue weighted by Gasteiger charge is -2.59. The highest BCUT2D eigenvalue weighted by Gasteiger charge is 2.53. The van der Waals surface area contributed by atoms with Crippen molar-refractivity contribution in [3.8, 4) is 11.3 Å². The predicted octanol–water partition coefficient (Wildman–Crippen LogP) is 3.82. The second-order valence-electron chi connectivity index (χ2n) is 9.28. The monoisotopic (exact) mass is 364 g/mol. The van der Waals surface area contributed by atoms with Crippen molar-refractivity contribution in [1.82, 2.24) is 20.1 Å². The summed E-state index contributed by atoms with van der Waals surface area (Å²) in [4.78, 5) is 17.3. The third-order valence-corrected chi connectivity index (χ3v) is 7.36. The molecule has 4 aliphatic carbocycles. The van der Waals surface area contributed by atoms with Crippen LogP contribution in [0.4, 0.5) is 0 Å². The molecule has 27 heavy (non-hydrogen) atoms. The van der Waals surface area contributed by atoms with Gasteiger partial charge in [0.05, 0.1) is 5.56 Å². The molecule has 4 bridgehead atoms.